The van der Waals surface area contributed by atoms with Gasteiger partial charge < -0.3 is 20.3 Å². The second-order valence-electron chi connectivity index (χ2n) is 16.3. The van der Waals surface area contributed by atoms with Gasteiger partial charge in [-0.3, -0.25) is 14.7 Å². The number of anilines is 1. The molecule has 0 bridgehead atoms. The van der Waals surface area contributed by atoms with E-state index < -0.39 is 19.7 Å². The minimum atomic E-state index is -1.76. The van der Waals surface area contributed by atoms with E-state index in [-0.39, 0.29) is 29.6 Å². The summed E-state index contributed by atoms with van der Waals surface area (Å²) in [7, 11) is -1.76. The third-order valence-electron chi connectivity index (χ3n) is 11.4. The van der Waals surface area contributed by atoms with Gasteiger partial charge in [0.25, 0.3) is 0 Å². The number of H-pyrrole nitrogens is 1. The van der Waals surface area contributed by atoms with Crippen molar-refractivity contribution < 1.29 is 19.1 Å². The number of aromatic amines is 1. The van der Waals surface area contributed by atoms with E-state index in [1.165, 1.54) is 64.2 Å². The zero-order valence-corrected chi connectivity index (χ0v) is 32.9. The highest BCUT2D eigenvalue weighted by Gasteiger charge is 2.54. The molecule has 1 aliphatic carbocycles. The normalized spacial score (nSPS) is 16.7. The molecule has 1 fully saturated rings. The largest absolute Gasteiger partial charge is 0.463 e. The van der Waals surface area contributed by atoms with Crippen LogP contribution in [0.1, 0.15) is 153 Å². The Balaban J connectivity index is 1.24. The van der Waals surface area contributed by atoms with Crippen molar-refractivity contribution in [2.24, 2.45) is 0 Å². The number of unbranched alkanes of at least 4 members (excludes halogenated alkanes) is 12. The molecule has 9 nitrogen and oxygen atoms in total. The number of esters is 1. The van der Waals surface area contributed by atoms with E-state index in [4.69, 9.17) is 4.74 Å². The van der Waals surface area contributed by atoms with Crippen LogP contribution in [-0.2, 0) is 26.4 Å². The number of fused-ring (bicyclic) bond motifs is 1. The zero-order chi connectivity index (χ0) is 36.2. The van der Waals surface area contributed by atoms with Crippen LogP contribution in [0, 0.1) is 0 Å². The highest BCUT2D eigenvalue weighted by Crippen LogP contribution is 2.56. The number of carbonyl (C=O) groups is 3. The quantitative estimate of drug-likeness (QED) is 0.0678. The Kier molecular flexibility index (Phi) is 14.6. The van der Waals surface area contributed by atoms with Crippen molar-refractivity contribution in [2.45, 2.75) is 173 Å². The maximum absolute atomic E-state index is 13.9. The number of rotatable bonds is 21. The summed E-state index contributed by atoms with van der Waals surface area (Å²) in [5.74, 6) is 0.344. The summed E-state index contributed by atoms with van der Waals surface area (Å²) in [5, 5.41) is 13.6. The molecule has 1 saturated carbocycles. The van der Waals surface area contributed by atoms with Crippen molar-refractivity contribution in [3.05, 3.63) is 47.2 Å². The van der Waals surface area contributed by atoms with E-state index >= 15 is 0 Å². The summed E-state index contributed by atoms with van der Waals surface area (Å²) in [6.07, 6.45) is 19.7. The molecule has 0 radical (unpaired) electrons. The van der Waals surface area contributed by atoms with Gasteiger partial charge in [-0.05, 0) is 38.7 Å². The van der Waals surface area contributed by atoms with Crippen LogP contribution >= 0.6 is 0 Å². The fraction of sp³-hybridized carbons (Fsp3) is 0.700. The van der Waals surface area contributed by atoms with Crippen molar-refractivity contribution in [3.8, 4) is 0 Å². The van der Waals surface area contributed by atoms with Crippen LogP contribution in [0.3, 0.4) is 0 Å². The second kappa shape index (κ2) is 18.4. The summed E-state index contributed by atoms with van der Waals surface area (Å²) < 4.78 is 5.73. The van der Waals surface area contributed by atoms with Gasteiger partial charge >= 0.3 is 12.0 Å². The Morgan fingerprint density at radius 2 is 1.48 bits per heavy atom. The zero-order valence-electron chi connectivity index (χ0n) is 31.9. The molecule has 3 amide bonds. The predicted octanol–water partition coefficient (Wildman–Crippen LogP) is 10.1. The number of carbonyl (C=O) groups excluding carboxylic acids is 3. The lowest BCUT2D eigenvalue weighted by Gasteiger charge is -2.48. The number of amides is 3. The molecule has 1 aromatic carbocycles. The van der Waals surface area contributed by atoms with Crippen molar-refractivity contribution in [3.63, 3.8) is 0 Å². The second-order valence-corrected chi connectivity index (χ2v) is 21.8. The number of hydrogen-bond donors (Lipinski definition) is 3. The molecule has 0 saturated heterocycles. The SMILES string of the molecule is CCCCCCCCCCCCCCCC(=O)OC[C@@H](NC(=O)N1Cc2c(NC(=O)C3([Si](C)(C)C)CCC3)n[nH]c2C1(C)C)c1ccccc1. The molecule has 0 spiro atoms. The van der Waals surface area contributed by atoms with Crippen molar-refractivity contribution in [1.29, 1.82) is 0 Å². The molecule has 3 N–H and O–H groups in total. The average molecular weight is 708 g/mol. The first-order chi connectivity index (χ1) is 23.9. The molecule has 1 atom stereocenters. The number of urea groups is 1. The molecule has 2 aromatic rings. The van der Waals surface area contributed by atoms with Crippen LogP contribution in [-0.4, -0.2) is 47.7 Å². The van der Waals surface area contributed by atoms with Crippen LogP contribution in [0.25, 0.3) is 0 Å². The molecular weight excluding hydrogens is 643 g/mol. The fourth-order valence-electron chi connectivity index (χ4n) is 7.69. The van der Waals surface area contributed by atoms with Gasteiger partial charge in [-0.25, -0.2) is 4.79 Å². The number of benzene rings is 1. The van der Waals surface area contributed by atoms with E-state index in [2.05, 4.69) is 47.4 Å². The van der Waals surface area contributed by atoms with Gasteiger partial charge in [-0.2, -0.15) is 5.10 Å². The van der Waals surface area contributed by atoms with Gasteiger partial charge in [0.15, 0.2) is 5.82 Å². The lowest BCUT2D eigenvalue weighted by molar-refractivity contribution is -0.144. The van der Waals surface area contributed by atoms with Crippen LogP contribution < -0.4 is 10.6 Å². The highest BCUT2D eigenvalue weighted by atomic mass is 28.3. The Bertz CT molecular complexity index is 1380. The molecule has 10 heteroatoms. The molecule has 2 aliphatic rings. The summed E-state index contributed by atoms with van der Waals surface area (Å²) in [6, 6.07) is 8.88. The Morgan fingerprint density at radius 3 is 2.02 bits per heavy atom. The van der Waals surface area contributed by atoms with E-state index in [0.717, 1.165) is 55.3 Å². The number of hydrogen-bond acceptors (Lipinski definition) is 5. The standard InChI is InChI=1S/C40H65N5O4Si/c1-7-8-9-10-11-12-13-14-15-16-17-18-22-26-34(46)49-30-33(31-24-20-19-21-25-31)41-38(48)45-29-32-35(39(45,2)3)43-44-36(32)42-37(47)40(27-23-28-40)50(4,5)6/h19-21,24-25,33H,7-18,22-23,26-30H2,1-6H3,(H,41,48)(H2,42,43,44,47)/t33-/m1/s1. The van der Waals surface area contributed by atoms with Crippen molar-refractivity contribution >= 4 is 31.8 Å². The molecule has 0 unspecified atom stereocenters. The topological polar surface area (TPSA) is 116 Å². The number of ether oxygens (including phenoxy) is 1. The number of aromatic nitrogens is 2. The van der Waals surface area contributed by atoms with Crippen LogP contribution in [0.4, 0.5) is 10.6 Å². The molecule has 50 heavy (non-hydrogen) atoms. The van der Waals surface area contributed by atoms with Gasteiger partial charge in [-0.15, -0.1) is 0 Å². The molecule has 4 rings (SSSR count). The Morgan fingerprint density at radius 1 is 0.900 bits per heavy atom. The minimum Gasteiger partial charge on any atom is -0.463 e. The number of nitrogens with zero attached hydrogens (tertiary/aromatic N) is 2. The Hall–Kier alpha value is -3.14. The summed E-state index contributed by atoms with van der Waals surface area (Å²) in [5.41, 5.74) is 1.84. The fourth-order valence-corrected chi connectivity index (χ4v) is 10.3. The highest BCUT2D eigenvalue weighted by molar-refractivity contribution is 6.83. The van der Waals surface area contributed by atoms with Crippen molar-refractivity contribution in [2.75, 3.05) is 11.9 Å². The molecule has 1 aromatic heterocycles. The smallest absolute Gasteiger partial charge is 0.319 e. The molecular formula is C40H65N5O4Si. The first-order valence-corrected chi connectivity index (χ1v) is 23.1. The first-order valence-electron chi connectivity index (χ1n) is 19.6. The van der Waals surface area contributed by atoms with E-state index in [0.29, 0.717) is 18.8 Å². The van der Waals surface area contributed by atoms with Gasteiger partial charge in [0.2, 0.25) is 5.91 Å². The summed E-state index contributed by atoms with van der Waals surface area (Å²) in [6.45, 7) is 13.4. The Labute approximate surface area is 302 Å². The van der Waals surface area contributed by atoms with Crippen molar-refractivity contribution in [1.82, 2.24) is 20.4 Å². The lowest BCUT2D eigenvalue weighted by Crippen LogP contribution is -2.52. The molecule has 2 heterocycles. The van der Waals surface area contributed by atoms with E-state index in [9.17, 15) is 14.4 Å². The monoisotopic (exact) mass is 707 g/mol. The van der Waals surface area contributed by atoms with E-state index in [1.54, 1.807) is 4.90 Å². The minimum absolute atomic E-state index is 0.0580. The average Bonchev–Trinajstić information content (AvgIpc) is 3.57. The van der Waals surface area contributed by atoms with Gasteiger partial charge in [0.1, 0.15) is 6.61 Å². The summed E-state index contributed by atoms with van der Waals surface area (Å²) in [4.78, 5) is 42.0. The third kappa shape index (κ3) is 10.0. The van der Waals surface area contributed by atoms with Crippen LogP contribution in [0.5, 0.6) is 0 Å². The van der Waals surface area contributed by atoms with E-state index in [1.807, 2.05) is 44.2 Å². The molecule has 278 valence electrons. The van der Waals surface area contributed by atoms with Gasteiger partial charge in [-0.1, -0.05) is 140 Å². The third-order valence-corrected chi connectivity index (χ3v) is 15.0. The molecule has 1 aliphatic heterocycles. The lowest BCUT2D eigenvalue weighted by atomic mass is 9.83. The maximum Gasteiger partial charge on any atom is 0.319 e. The summed E-state index contributed by atoms with van der Waals surface area (Å²) >= 11 is 0. The van der Waals surface area contributed by atoms with Gasteiger partial charge in [0.05, 0.1) is 31.9 Å². The predicted molar refractivity (Wildman–Crippen MR) is 205 cm³/mol. The van der Waals surface area contributed by atoms with Crippen LogP contribution in [0.2, 0.25) is 24.7 Å². The first kappa shape index (κ1) is 39.6. The van der Waals surface area contributed by atoms with Crippen LogP contribution in [0.15, 0.2) is 30.3 Å². The maximum atomic E-state index is 13.9. The number of nitrogens with one attached hydrogen (secondary N) is 3. The van der Waals surface area contributed by atoms with Gasteiger partial charge in [0, 0.05) is 17.0 Å².